The summed E-state index contributed by atoms with van der Waals surface area (Å²) in [5.41, 5.74) is 1.22. The first kappa shape index (κ1) is 13.0. The van der Waals surface area contributed by atoms with Crippen molar-refractivity contribution >= 4 is 11.5 Å². The number of fused-ring (bicyclic) bond motifs is 1. The van der Waals surface area contributed by atoms with Crippen LogP contribution in [0.25, 0.3) is 17.2 Å². The third kappa shape index (κ3) is 2.24. The van der Waals surface area contributed by atoms with Crippen LogP contribution in [0, 0.1) is 0 Å². The maximum atomic E-state index is 9.55. The number of aromatic nitrogens is 5. The van der Waals surface area contributed by atoms with Gasteiger partial charge in [-0.05, 0) is 37.5 Å². The van der Waals surface area contributed by atoms with Crippen molar-refractivity contribution in [3.05, 3.63) is 30.3 Å². The number of pyridine rings is 1. The first-order valence-electron chi connectivity index (χ1n) is 7.45. The third-order valence-corrected chi connectivity index (χ3v) is 3.89. The second kappa shape index (κ2) is 5.25. The molecule has 0 atom stereocenters. The van der Waals surface area contributed by atoms with E-state index in [9.17, 15) is 5.11 Å². The fourth-order valence-corrected chi connectivity index (χ4v) is 2.78. The topological polar surface area (TPSA) is 79.4 Å². The molecule has 0 radical (unpaired) electrons. The molecular weight excluding hydrogens is 280 g/mol. The van der Waals surface area contributed by atoms with Crippen molar-refractivity contribution < 1.29 is 5.11 Å². The molecule has 0 unspecified atom stereocenters. The van der Waals surface area contributed by atoms with Gasteiger partial charge in [0.15, 0.2) is 5.65 Å². The lowest BCUT2D eigenvalue weighted by Gasteiger charge is -2.27. The van der Waals surface area contributed by atoms with Gasteiger partial charge in [-0.3, -0.25) is 0 Å². The minimum absolute atomic E-state index is 0.0403. The molecule has 0 aromatic carbocycles. The van der Waals surface area contributed by atoms with Crippen LogP contribution in [-0.2, 0) is 0 Å². The van der Waals surface area contributed by atoms with E-state index in [0.29, 0.717) is 17.2 Å². The monoisotopic (exact) mass is 296 g/mol. The molecule has 1 aliphatic rings. The maximum absolute atomic E-state index is 9.55. The Morgan fingerprint density at radius 3 is 2.64 bits per heavy atom. The molecule has 1 N–H and O–H groups in total. The molecule has 1 saturated heterocycles. The van der Waals surface area contributed by atoms with E-state index in [1.54, 1.807) is 16.6 Å². The van der Waals surface area contributed by atoms with Crippen LogP contribution in [0.5, 0.6) is 5.88 Å². The van der Waals surface area contributed by atoms with Crippen molar-refractivity contribution in [2.75, 3.05) is 18.0 Å². The zero-order valence-corrected chi connectivity index (χ0v) is 12.1. The number of rotatable bonds is 2. The number of nitrogens with zero attached hydrogens (tertiary/aromatic N) is 6. The smallest absolute Gasteiger partial charge is 0.211 e. The third-order valence-electron chi connectivity index (χ3n) is 3.89. The number of anilines is 1. The molecule has 7 nitrogen and oxygen atoms in total. The summed E-state index contributed by atoms with van der Waals surface area (Å²) in [7, 11) is 0. The first-order chi connectivity index (χ1) is 10.8. The van der Waals surface area contributed by atoms with E-state index in [-0.39, 0.29) is 5.88 Å². The predicted molar refractivity (Wildman–Crippen MR) is 81.7 cm³/mol. The van der Waals surface area contributed by atoms with E-state index in [1.807, 2.05) is 12.1 Å². The van der Waals surface area contributed by atoms with Crippen molar-refractivity contribution in [2.24, 2.45) is 0 Å². The van der Waals surface area contributed by atoms with Crippen LogP contribution in [0.1, 0.15) is 19.3 Å². The van der Waals surface area contributed by atoms with Gasteiger partial charge in [0.2, 0.25) is 11.7 Å². The highest BCUT2D eigenvalue weighted by molar-refractivity contribution is 5.56. The number of piperidine rings is 1. The summed E-state index contributed by atoms with van der Waals surface area (Å²) < 4.78 is 1.69. The summed E-state index contributed by atoms with van der Waals surface area (Å²) in [6.45, 7) is 2.06. The molecule has 0 spiro atoms. The van der Waals surface area contributed by atoms with Gasteiger partial charge in [-0.1, -0.05) is 6.07 Å². The molecule has 7 heteroatoms. The molecule has 3 aromatic rings. The average Bonchev–Trinajstić information content (AvgIpc) is 2.99. The summed E-state index contributed by atoms with van der Waals surface area (Å²) in [5, 5.41) is 22.5. The zero-order chi connectivity index (χ0) is 14.9. The quantitative estimate of drug-likeness (QED) is 0.778. The molecule has 0 aliphatic carbocycles. The number of hydrogen-bond acceptors (Lipinski definition) is 6. The van der Waals surface area contributed by atoms with E-state index in [1.165, 1.54) is 25.3 Å². The molecule has 4 rings (SSSR count). The van der Waals surface area contributed by atoms with Gasteiger partial charge >= 0.3 is 0 Å². The van der Waals surface area contributed by atoms with E-state index >= 15 is 0 Å². The van der Waals surface area contributed by atoms with Gasteiger partial charge in [0, 0.05) is 19.2 Å². The molecule has 1 aliphatic heterocycles. The Balaban J connectivity index is 1.79. The lowest BCUT2D eigenvalue weighted by atomic mass is 10.1. The Labute approximate surface area is 127 Å². The number of aromatic hydroxyl groups is 1. The van der Waals surface area contributed by atoms with Crippen LogP contribution in [0.4, 0.5) is 5.82 Å². The molecule has 4 heterocycles. The van der Waals surface area contributed by atoms with Crippen LogP contribution >= 0.6 is 0 Å². The summed E-state index contributed by atoms with van der Waals surface area (Å²) in [4.78, 5) is 6.37. The van der Waals surface area contributed by atoms with Crippen molar-refractivity contribution in [3.8, 4) is 17.4 Å². The highest BCUT2D eigenvalue weighted by Crippen LogP contribution is 2.21. The fraction of sp³-hybridized carbons (Fsp3) is 0.333. The second-order valence-corrected chi connectivity index (χ2v) is 5.41. The minimum atomic E-state index is -0.0403. The van der Waals surface area contributed by atoms with Crippen molar-refractivity contribution in [1.29, 1.82) is 0 Å². The molecule has 1 fully saturated rings. The lowest BCUT2D eigenvalue weighted by Crippen LogP contribution is -2.30. The van der Waals surface area contributed by atoms with E-state index < -0.39 is 0 Å². The van der Waals surface area contributed by atoms with Crippen molar-refractivity contribution in [2.45, 2.75) is 19.3 Å². The van der Waals surface area contributed by atoms with E-state index in [0.717, 1.165) is 18.9 Å². The van der Waals surface area contributed by atoms with Gasteiger partial charge in [0.05, 0.1) is 0 Å². The SMILES string of the molecule is Oc1cccc(-c2nnc3ccc(N4CCCCC4)nn23)n1. The van der Waals surface area contributed by atoms with Crippen LogP contribution in [-0.4, -0.2) is 43.0 Å². The van der Waals surface area contributed by atoms with Crippen molar-refractivity contribution in [3.63, 3.8) is 0 Å². The van der Waals surface area contributed by atoms with Gasteiger partial charge in [-0.15, -0.1) is 15.3 Å². The summed E-state index contributed by atoms with van der Waals surface area (Å²) in [5.74, 6) is 1.42. The predicted octanol–water partition coefficient (Wildman–Crippen LogP) is 1.88. The van der Waals surface area contributed by atoms with Gasteiger partial charge < -0.3 is 10.0 Å². The highest BCUT2D eigenvalue weighted by Gasteiger charge is 2.16. The van der Waals surface area contributed by atoms with Crippen LogP contribution < -0.4 is 4.90 Å². The zero-order valence-electron chi connectivity index (χ0n) is 12.1. The molecule has 112 valence electrons. The van der Waals surface area contributed by atoms with Crippen LogP contribution in [0.2, 0.25) is 0 Å². The Kier molecular flexibility index (Phi) is 3.10. The molecule has 0 amide bonds. The Morgan fingerprint density at radius 2 is 1.82 bits per heavy atom. The largest absolute Gasteiger partial charge is 0.493 e. The standard InChI is InChI=1S/C15H16N6O/c22-14-6-4-5-11(16-14)15-18-17-12-7-8-13(19-21(12)15)20-9-2-1-3-10-20/h4-8H,1-3,9-10H2,(H,16,22). The van der Waals surface area contributed by atoms with Crippen LogP contribution in [0.15, 0.2) is 30.3 Å². The second-order valence-electron chi connectivity index (χ2n) is 5.41. The average molecular weight is 296 g/mol. The molecule has 0 saturated carbocycles. The molecular formula is C15H16N6O. The Hall–Kier alpha value is -2.70. The normalized spacial score (nSPS) is 15.4. The summed E-state index contributed by atoms with van der Waals surface area (Å²) >= 11 is 0. The highest BCUT2D eigenvalue weighted by atomic mass is 16.3. The van der Waals surface area contributed by atoms with Gasteiger partial charge in [-0.2, -0.15) is 4.52 Å². The minimum Gasteiger partial charge on any atom is -0.493 e. The van der Waals surface area contributed by atoms with Gasteiger partial charge in [-0.25, -0.2) is 4.98 Å². The van der Waals surface area contributed by atoms with E-state index in [2.05, 4.69) is 25.2 Å². The number of hydrogen-bond donors (Lipinski definition) is 1. The Bertz CT molecular complexity index is 809. The van der Waals surface area contributed by atoms with Crippen molar-refractivity contribution in [1.82, 2.24) is 24.8 Å². The summed E-state index contributed by atoms with van der Waals surface area (Å²) in [6.07, 6.45) is 3.68. The van der Waals surface area contributed by atoms with Gasteiger partial charge in [0.1, 0.15) is 11.5 Å². The van der Waals surface area contributed by atoms with E-state index in [4.69, 9.17) is 0 Å². The molecule has 22 heavy (non-hydrogen) atoms. The Morgan fingerprint density at radius 1 is 0.955 bits per heavy atom. The van der Waals surface area contributed by atoms with Crippen LogP contribution in [0.3, 0.4) is 0 Å². The molecule has 0 bridgehead atoms. The fourth-order valence-electron chi connectivity index (χ4n) is 2.78. The summed E-state index contributed by atoms with van der Waals surface area (Å²) in [6, 6.07) is 8.93. The molecule has 3 aromatic heterocycles. The lowest BCUT2D eigenvalue weighted by molar-refractivity contribution is 0.454. The first-order valence-corrected chi connectivity index (χ1v) is 7.45. The maximum Gasteiger partial charge on any atom is 0.211 e. The van der Waals surface area contributed by atoms with Gasteiger partial charge in [0.25, 0.3) is 0 Å².